The first-order valence-corrected chi connectivity index (χ1v) is 7.40. The summed E-state index contributed by atoms with van der Waals surface area (Å²) in [6.45, 7) is 9.14. The van der Waals surface area contributed by atoms with E-state index in [2.05, 4.69) is 41.7 Å². The van der Waals surface area contributed by atoms with Crippen molar-refractivity contribution < 1.29 is 4.79 Å². The third-order valence-corrected chi connectivity index (χ3v) is 3.78. The summed E-state index contributed by atoms with van der Waals surface area (Å²) in [6.07, 6.45) is 1.99. The number of nitrogens with zero attached hydrogens (tertiary/aromatic N) is 3. The van der Waals surface area contributed by atoms with Crippen molar-refractivity contribution >= 4 is 5.91 Å². The molecule has 1 amide bonds. The molecule has 5 heteroatoms. The van der Waals surface area contributed by atoms with Gasteiger partial charge in [0.2, 0.25) is 5.91 Å². The monoisotopic (exact) mass is 278 g/mol. The van der Waals surface area contributed by atoms with E-state index in [1.54, 1.807) is 0 Å². The van der Waals surface area contributed by atoms with Gasteiger partial charge in [0.05, 0.1) is 0 Å². The first-order valence-electron chi connectivity index (χ1n) is 7.40. The molecule has 0 atom stereocenters. The first kappa shape index (κ1) is 15.1. The quantitative estimate of drug-likeness (QED) is 0.864. The summed E-state index contributed by atoms with van der Waals surface area (Å²) in [7, 11) is 2.10. The van der Waals surface area contributed by atoms with Gasteiger partial charge in [-0.05, 0) is 19.2 Å². The van der Waals surface area contributed by atoms with Crippen LogP contribution in [0, 0.1) is 0 Å². The number of nitrogens with one attached hydrogen (secondary N) is 1. The Bertz CT molecular complexity index is 433. The number of carbonyl (C=O) groups excluding carboxylic acids is 1. The lowest BCUT2D eigenvalue weighted by Gasteiger charge is -2.32. The van der Waals surface area contributed by atoms with Crippen LogP contribution in [0.15, 0.2) is 18.3 Å². The van der Waals surface area contributed by atoms with Crippen LogP contribution in [0.2, 0.25) is 0 Å². The van der Waals surface area contributed by atoms with Crippen molar-refractivity contribution in [3.05, 3.63) is 24.0 Å². The highest BCUT2D eigenvalue weighted by Gasteiger charge is 2.19. The average Bonchev–Trinajstić information content (AvgIpc) is 2.84. The number of rotatable bonds is 5. The van der Waals surface area contributed by atoms with Gasteiger partial charge in [0.25, 0.3) is 0 Å². The second kappa shape index (κ2) is 6.90. The van der Waals surface area contributed by atoms with E-state index in [0.29, 0.717) is 12.6 Å². The molecular formula is C15H26N4O. The summed E-state index contributed by atoms with van der Waals surface area (Å²) < 4.78 is 2.05. The predicted molar refractivity (Wildman–Crippen MR) is 80.5 cm³/mol. The molecule has 2 rings (SSSR count). The Morgan fingerprint density at radius 3 is 2.65 bits per heavy atom. The molecule has 20 heavy (non-hydrogen) atoms. The molecule has 112 valence electrons. The normalized spacial score (nSPS) is 16.9. The molecule has 0 spiro atoms. The highest BCUT2D eigenvalue weighted by molar-refractivity contribution is 5.76. The highest BCUT2D eigenvalue weighted by atomic mass is 16.2. The molecule has 1 saturated heterocycles. The second-order valence-corrected chi connectivity index (χ2v) is 5.85. The largest absolute Gasteiger partial charge is 0.341 e. The lowest BCUT2D eigenvalue weighted by molar-refractivity contribution is -0.133. The summed E-state index contributed by atoms with van der Waals surface area (Å²) in [5, 5.41) is 3.39. The fourth-order valence-corrected chi connectivity index (χ4v) is 2.37. The lowest BCUT2D eigenvalue weighted by atomic mass is 10.3. The Kier molecular flexibility index (Phi) is 5.20. The van der Waals surface area contributed by atoms with Crippen LogP contribution in [-0.2, 0) is 17.9 Å². The standard InChI is InChI=1S/C15H26N4O/c1-13(2)16-11-14-5-4-6-19(14)12-15(20)18-9-7-17(3)8-10-18/h4-6,13,16H,7-12H2,1-3H3. The molecular weight excluding hydrogens is 252 g/mol. The zero-order valence-electron chi connectivity index (χ0n) is 12.8. The molecule has 0 aromatic carbocycles. The topological polar surface area (TPSA) is 40.5 Å². The number of carbonyl (C=O) groups is 1. The molecule has 1 N–H and O–H groups in total. The van der Waals surface area contributed by atoms with E-state index in [1.807, 2.05) is 17.2 Å². The van der Waals surface area contributed by atoms with Crippen LogP contribution < -0.4 is 5.32 Å². The zero-order valence-corrected chi connectivity index (χ0v) is 12.8. The van der Waals surface area contributed by atoms with Crippen LogP contribution in [0.25, 0.3) is 0 Å². The molecule has 1 aromatic rings. The van der Waals surface area contributed by atoms with Crippen LogP contribution in [0.5, 0.6) is 0 Å². The van der Waals surface area contributed by atoms with Gasteiger partial charge in [-0.2, -0.15) is 0 Å². The number of amides is 1. The van der Waals surface area contributed by atoms with E-state index in [4.69, 9.17) is 0 Å². The maximum absolute atomic E-state index is 12.3. The van der Waals surface area contributed by atoms with Crippen LogP contribution in [-0.4, -0.2) is 59.5 Å². The van der Waals surface area contributed by atoms with Gasteiger partial charge >= 0.3 is 0 Å². The van der Waals surface area contributed by atoms with Crippen molar-refractivity contribution in [2.75, 3.05) is 33.2 Å². The molecule has 0 radical (unpaired) electrons. The van der Waals surface area contributed by atoms with Gasteiger partial charge in [-0.15, -0.1) is 0 Å². The maximum atomic E-state index is 12.3. The summed E-state index contributed by atoms with van der Waals surface area (Å²) in [4.78, 5) is 16.6. The van der Waals surface area contributed by atoms with E-state index in [0.717, 1.165) is 32.7 Å². The Morgan fingerprint density at radius 1 is 1.30 bits per heavy atom. The molecule has 1 aliphatic heterocycles. The Labute approximate surface area is 121 Å². The Balaban J connectivity index is 1.89. The molecule has 1 aliphatic rings. The van der Waals surface area contributed by atoms with E-state index < -0.39 is 0 Å². The molecule has 0 unspecified atom stereocenters. The zero-order chi connectivity index (χ0) is 14.5. The SMILES string of the molecule is CC(C)NCc1cccn1CC(=O)N1CCN(C)CC1. The second-order valence-electron chi connectivity index (χ2n) is 5.85. The van der Waals surface area contributed by atoms with Crippen LogP contribution in [0.3, 0.4) is 0 Å². The summed E-state index contributed by atoms with van der Waals surface area (Å²) in [6, 6.07) is 4.54. The van der Waals surface area contributed by atoms with E-state index in [1.165, 1.54) is 5.69 Å². The van der Waals surface area contributed by atoms with E-state index >= 15 is 0 Å². The van der Waals surface area contributed by atoms with Crippen molar-refractivity contribution in [2.24, 2.45) is 0 Å². The Hall–Kier alpha value is -1.33. The third kappa shape index (κ3) is 4.08. The predicted octanol–water partition coefficient (Wildman–Crippen LogP) is 0.760. The summed E-state index contributed by atoms with van der Waals surface area (Å²) in [5.74, 6) is 0.222. The van der Waals surface area contributed by atoms with Gasteiger partial charge in [0.15, 0.2) is 0 Å². The fourth-order valence-electron chi connectivity index (χ4n) is 2.37. The van der Waals surface area contributed by atoms with Crippen molar-refractivity contribution in [3.8, 4) is 0 Å². The molecule has 2 heterocycles. The van der Waals surface area contributed by atoms with Gasteiger partial charge in [-0.25, -0.2) is 0 Å². The molecule has 0 bridgehead atoms. The lowest BCUT2D eigenvalue weighted by Crippen LogP contribution is -2.48. The van der Waals surface area contributed by atoms with Crippen LogP contribution in [0.1, 0.15) is 19.5 Å². The number of likely N-dealkylation sites (N-methyl/N-ethyl adjacent to an activating group) is 1. The van der Waals surface area contributed by atoms with Gasteiger partial charge in [-0.1, -0.05) is 13.8 Å². The van der Waals surface area contributed by atoms with Crippen molar-refractivity contribution in [1.29, 1.82) is 0 Å². The first-order chi connectivity index (χ1) is 9.56. The molecule has 0 aliphatic carbocycles. The molecule has 1 aromatic heterocycles. The van der Waals surface area contributed by atoms with Gasteiger partial charge in [0, 0.05) is 50.7 Å². The summed E-state index contributed by atoms with van der Waals surface area (Å²) >= 11 is 0. The van der Waals surface area contributed by atoms with Gasteiger partial charge in [-0.3, -0.25) is 4.79 Å². The third-order valence-electron chi connectivity index (χ3n) is 3.78. The molecule has 5 nitrogen and oxygen atoms in total. The van der Waals surface area contributed by atoms with Crippen molar-refractivity contribution in [3.63, 3.8) is 0 Å². The van der Waals surface area contributed by atoms with Crippen molar-refractivity contribution in [2.45, 2.75) is 33.0 Å². The van der Waals surface area contributed by atoms with Crippen LogP contribution >= 0.6 is 0 Å². The Morgan fingerprint density at radius 2 is 2.00 bits per heavy atom. The minimum absolute atomic E-state index is 0.222. The fraction of sp³-hybridized carbons (Fsp3) is 0.667. The minimum Gasteiger partial charge on any atom is -0.341 e. The number of piperazine rings is 1. The summed E-state index contributed by atoms with van der Waals surface area (Å²) in [5.41, 5.74) is 1.17. The smallest absolute Gasteiger partial charge is 0.242 e. The highest BCUT2D eigenvalue weighted by Crippen LogP contribution is 2.06. The van der Waals surface area contributed by atoms with Crippen molar-refractivity contribution in [1.82, 2.24) is 19.7 Å². The average molecular weight is 278 g/mol. The number of hydrogen-bond acceptors (Lipinski definition) is 3. The maximum Gasteiger partial charge on any atom is 0.242 e. The van der Waals surface area contributed by atoms with Gasteiger partial charge < -0.3 is 19.7 Å². The van der Waals surface area contributed by atoms with Crippen LogP contribution in [0.4, 0.5) is 0 Å². The van der Waals surface area contributed by atoms with E-state index in [9.17, 15) is 4.79 Å². The molecule has 0 saturated carbocycles. The van der Waals surface area contributed by atoms with Gasteiger partial charge in [0.1, 0.15) is 6.54 Å². The number of hydrogen-bond donors (Lipinski definition) is 1. The minimum atomic E-state index is 0.222. The number of aromatic nitrogens is 1. The van der Waals surface area contributed by atoms with E-state index in [-0.39, 0.29) is 5.91 Å². The molecule has 1 fully saturated rings.